The van der Waals surface area contributed by atoms with Crippen molar-refractivity contribution in [3.8, 4) is 5.69 Å². The number of benzene rings is 2. The van der Waals surface area contributed by atoms with Gasteiger partial charge < -0.3 is 0 Å². The number of thioether (sulfide) groups is 1. The maximum atomic E-state index is 12.9. The minimum atomic E-state index is -0.740. The Morgan fingerprint density at radius 1 is 1.13 bits per heavy atom. The number of Topliss-reactive ketones (excluding diaryl/α,β-unsaturated/α-hetero) is 1. The van der Waals surface area contributed by atoms with Gasteiger partial charge in [-0.15, -0.1) is 0 Å². The number of nitrogens with zero attached hydrogens (tertiary/aromatic N) is 3. The number of hydrogen-bond donors (Lipinski definition) is 1. The Kier molecular flexibility index (Phi) is 4.59. The van der Waals surface area contributed by atoms with Crippen LogP contribution in [0.1, 0.15) is 29.4 Å². The van der Waals surface area contributed by atoms with Crippen LogP contribution in [0.25, 0.3) is 16.6 Å². The Balaban J connectivity index is 1.48. The van der Waals surface area contributed by atoms with E-state index in [0.29, 0.717) is 21.7 Å². The van der Waals surface area contributed by atoms with Gasteiger partial charge in [-0.2, -0.15) is 0 Å². The van der Waals surface area contributed by atoms with E-state index < -0.39 is 11.4 Å². The molecule has 1 aliphatic carbocycles. The first-order valence-corrected chi connectivity index (χ1v) is 10.5. The molecule has 2 aromatic heterocycles. The van der Waals surface area contributed by atoms with Gasteiger partial charge in [0, 0.05) is 18.2 Å². The molecule has 1 saturated carbocycles. The predicted octanol–water partition coefficient (Wildman–Crippen LogP) is 2.26. The molecule has 150 valence electrons. The van der Waals surface area contributed by atoms with Crippen molar-refractivity contribution in [2.45, 2.75) is 24.0 Å². The van der Waals surface area contributed by atoms with E-state index in [1.165, 1.54) is 4.68 Å². The summed E-state index contributed by atoms with van der Waals surface area (Å²) in [4.78, 5) is 42.6. The molecule has 0 amide bonds. The summed E-state index contributed by atoms with van der Waals surface area (Å²) >= 11 is 1.16. The van der Waals surface area contributed by atoms with Crippen LogP contribution < -0.4 is 15.9 Å². The van der Waals surface area contributed by atoms with E-state index in [1.54, 1.807) is 41.0 Å². The smallest absolute Gasteiger partial charge is 0.286 e. The van der Waals surface area contributed by atoms with E-state index in [1.807, 2.05) is 18.2 Å². The van der Waals surface area contributed by atoms with E-state index in [4.69, 9.17) is 4.52 Å². The number of aromatic amines is 1. The van der Waals surface area contributed by atoms with Crippen molar-refractivity contribution in [1.29, 1.82) is 0 Å². The zero-order chi connectivity index (χ0) is 20.7. The third-order valence-corrected chi connectivity index (χ3v) is 5.90. The number of rotatable bonds is 6. The molecule has 0 saturated heterocycles. The van der Waals surface area contributed by atoms with Crippen LogP contribution in [-0.4, -0.2) is 26.4 Å². The zero-order valence-electron chi connectivity index (χ0n) is 15.8. The van der Waals surface area contributed by atoms with E-state index in [9.17, 15) is 14.4 Å². The monoisotopic (exact) mass is 421 g/mol. The molecule has 0 spiro atoms. The van der Waals surface area contributed by atoms with Gasteiger partial charge in [-0.3, -0.25) is 18.7 Å². The highest BCUT2D eigenvalue weighted by Crippen LogP contribution is 2.36. The maximum absolute atomic E-state index is 12.9. The van der Waals surface area contributed by atoms with Crippen LogP contribution in [0.5, 0.6) is 0 Å². The second kappa shape index (κ2) is 7.42. The summed E-state index contributed by atoms with van der Waals surface area (Å²) in [7, 11) is 0. The number of H-pyrrole nitrogens is 1. The van der Waals surface area contributed by atoms with Gasteiger partial charge in [0.15, 0.2) is 5.16 Å². The second-order valence-corrected chi connectivity index (χ2v) is 7.97. The quantitative estimate of drug-likeness (QED) is 0.222. The highest BCUT2D eigenvalue weighted by atomic mass is 32.2. The lowest BCUT2D eigenvalue weighted by molar-refractivity contribution is -0.672. The fourth-order valence-electron chi connectivity index (χ4n) is 3.35. The first-order valence-electron chi connectivity index (χ1n) is 9.49. The van der Waals surface area contributed by atoms with Crippen molar-refractivity contribution in [3.63, 3.8) is 0 Å². The molecule has 1 aliphatic rings. The lowest BCUT2D eigenvalue weighted by Gasteiger charge is -2.11. The molecule has 9 heteroatoms. The van der Waals surface area contributed by atoms with Crippen LogP contribution in [0.2, 0.25) is 0 Å². The third kappa shape index (κ3) is 3.26. The largest absolute Gasteiger partial charge is 0.438 e. The fraction of sp³-hybridized carbons (Fsp3) is 0.190. The fourth-order valence-corrected chi connectivity index (χ4v) is 4.28. The molecule has 4 aromatic rings. The molecule has 1 fully saturated rings. The molecule has 0 unspecified atom stereocenters. The highest BCUT2D eigenvalue weighted by molar-refractivity contribution is 7.99. The number of aromatic nitrogens is 4. The molecule has 2 heterocycles. The average Bonchev–Trinajstić information content (AvgIpc) is 3.53. The third-order valence-electron chi connectivity index (χ3n) is 4.94. The van der Waals surface area contributed by atoms with Crippen molar-refractivity contribution in [1.82, 2.24) is 14.8 Å². The molecule has 0 radical (unpaired) electrons. The Hall–Kier alpha value is -3.46. The number of fused-ring (bicyclic) bond motifs is 1. The first-order chi connectivity index (χ1) is 14.6. The van der Waals surface area contributed by atoms with Gasteiger partial charge in [-0.1, -0.05) is 42.1 Å². The number of carbonyl (C=O) groups is 1. The van der Waals surface area contributed by atoms with E-state index in [2.05, 4.69) is 10.3 Å². The van der Waals surface area contributed by atoms with E-state index >= 15 is 0 Å². The van der Waals surface area contributed by atoms with Crippen molar-refractivity contribution in [2.75, 3.05) is 5.75 Å². The van der Waals surface area contributed by atoms with Crippen LogP contribution in [0, 0.1) is 0 Å². The molecule has 8 nitrogen and oxygen atoms in total. The summed E-state index contributed by atoms with van der Waals surface area (Å²) in [6.07, 6.45) is 1.83. The van der Waals surface area contributed by atoms with Gasteiger partial charge in [0.1, 0.15) is 0 Å². The Morgan fingerprint density at radius 3 is 2.63 bits per heavy atom. The summed E-state index contributed by atoms with van der Waals surface area (Å²) in [5.74, 6) is -0.462. The SMILES string of the molecule is O=C(CSc1nc2ccccc2c(=O)n1C1CC1)c1c(=O)o[nH][n+]1-c1ccccc1. The summed E-state index contributed by atoms with van der Waals surface area (Å²) in [6, 6.07) is 16.2. The minimum Gasteiger partial charge on any atom is -0.286 e. The first kappa shape index (κ1) is 18.6. The number of carbonyl (C=O) groups excluding carboxylic acids is 1. The van der Waals surface area contributed by atoms with Crippen molar-refractivity contribution >= 4 is 28.4 Å². The average molecular weight is 421 g/mol. The maximum Gasteiger partial charge on any atom is 0.438 e. The van der Waals surface area contributed by atoms with Gasteiger partial charge in [0.2, 0.25) is 11.5 Å². The zero-order valence-corrected chi connectivity index (χ0v) is 16.6. The number of nitrogens with one attached hydrogen (secondary N) is 1. The van der Waals surface area contributed by atoms with Crippen molar-refractivity contribution < 1.29 is 14.0 Å². The van der Waals surface area contributed by atoms with Crippen LogP contribution in [0.3, 0.4) is 0 Å². The lowest BCUT2D eigenvalue weighted by Crippen LogP contribution is -2.41. The van der Waals surface area contributed by atoms with Crippen LogP contribution in [0.15, 0.2) is 73.9 Å². The molecule has 30 heavy (non-hydrogen) atoms. The minimum absolute atomic E-state index is 0.0487. The molecular weight excluding hydrogens is 404 g/mol. The van der Waals surface area contributed by atoms with E-state index in [-0.39, 0.29) is 23.0 Å². The highest BCUT2D eigenvalue weighted by Gasteiger charge is 2.32. The van der Waals surface area contributed by atoms with Crippen LogP contribution >= 0.6 is 11.8 Å². The van der Waals surface area contributed by atoms with Crippen molar-refractivity contribution in [2.24, 2.45) is 0 Å². The topological polar surface area (TPSA) is 102 Å². The molecule has 0 atom stereocenters. The number of para-hydroxylation sites is 2. The molecule has 2 aromatic carbocycles. The van der Waals surface area contributed by atoms with E-state index in [0.717, 1.165) is 24.6 Å². The second-order valence-electron chi connectivity index (χ2n) is 7.03. The van der Waals surface area contributed by atoms with Gasteiger partial charge >= 0.3 is 11.3 Å². The number of hydrogen-bond acceptors (Lipinski definition) is 6. The summed E-state index contributed by atoms with van der Waals surface area (Å²) in [6.45, 7) is 0. The van der Waals surface area contributed by atoms with Gasteiger partial charge in [0.25, 0.3) is 5.56 Å². The summed E-state index contributed by atoms with van der Waals surface area (Å²) < 4.78 is 7.85. The van der Waals surface area contributed by atoms with Gasteiger partial charge in [-0.05, 0) is 34.9 Å². The van der Waals surface area contributed by atoms with Crippen LogP contribution in [-0.2, 0) is 0 Å². The summed E-state index contributed by atoms with van der Waals surface area (Å²) in [5.41, 5.74) is 0.258. The van der Waals surface area contributed by atoms with Crippen LogP contribution in [0.4, 0.5) is 0 Å². The Labute approximate surface area is 174 Å². The molecule has 0 bridgehead atoms. The summed E-state index contributed by atoms with van der Waals surface area (Å²) in [5, 5.41) is 3.52. The molecule has 5 rings (SSSR count). The predicted molar refractivity (Wildman–Crippen MR) is 110 cm³/mol. The normalized spacial score (nSPS) is 13.6. The van der Waals surface area contributed by atoms with Crippen molar-refractivity contribution in [3.05, 3.63) is 81.1 Å². The molecule has 1 N–H and O–H groups in total. The number of ketones is 1. The Morgan fingerprint density at radius 2 is 1.87 bits per heavy atom. The molecular formula is C21H17N4O4S+. The van der Waals surface area contributed by atoms with Gasteiger partial charge in [0.05, 0.1) is 16.7 Å². The molecule has 0 aliphatic heterocycles. The van der Waals surface area contributed by atoms with Gasteiger partial charge in [-0.25, -0.2) is 9.78 Å². The lowest BCUT2D eigenvalue weighted by atomic mass is 10.2. The Bertz CT molecular complexity index is 1370. The standard InChI is InChI=1S/C21H16N4O4S/c26-17(18-20(28)29-23-25(18)14-6-2-1-3-7-14)12-30-21-22-16-9-5-4-8-15(16)19(27)24(21)13-10-11-13/h1-9,13H,10-12H2/p+1.